The Labute approximate surface area is 189 Å². The first kappa shape index (κ1) is 24.4. The number of aliphatic hydroxyl groups is 2. The molecular weight excluding hydrogens is 438 g/mol. The monoisotopic (exact) mass is 473 g/mol. The first-order valence-electron chi connectivity index (χ1n) is 10.9. The summed E-state index contributed by atoms with van der Waals surface area (Å²) >= 11 is 1.29. The average molecular weight is 474 g/mol. The van der Waals surface area contributed by atoms with Crippen LogP contribution in [0.4, 0.5) is 5.13 Å². The highest BCUT2D eigenvalue weighted by molar-refractivity contribution is 7.92. The Morgan fingerprint density at radius 2 is 1.97 bits per heavy atom. The molecule has 2 aliphatic rings. The molecule has 0 radical (unpaired) electrons. The van der Waals surface area contributed by atoms with E-state index in [-0.39, 0.29) is 36.2 Å². The summed E-state index contributed by atoms with van der Waals surface area (Å²) in [4.78, 5) is 20.5. The molecule has 1 amide bonds. The molecule has 1 heterocycles. The molecule has 1 aromatic heterocycles. The van der Waals surface area contributed by atoms with Crippen LogP contribution in [0, 0.1) is 16.7 Å². The molecular formula is C21H35N3O5S2. The van der Waals surface area contributed by atoms with Crippen LogP contribution >= 0.6 is 11.3 Å². The van der Waals surface area contributed by atoms with Crippen LogP contribution < -0.4 is 4.72 Å². The fourth-order valence-corrected chi connectivity index (χ4v) is 7.63. The van der Waals surface area contributed by atoms with E-state index in [1.807, 2.05) is 20.8 Å². The van der Waals surface area contributed by atoms with E-state index in [1.165, 1.54) is 11.3 Å². The zero-order valence-electron chi connectivity index (χ0n) is 19.0. The van der Waals surface area contributed by atoms with Gasteiger partial charge in [0.2, 0.25) is 15.9 Å². The van der Waals surface area contributed by atoms with Gasteiger partial charge in [-0.25, -0.2) is 13.4 Å². The molecule has 31 heavy (non-hydrogen) atoms. The van der Waals surface area contributed by atoms with Crippen molar-refractivity contribution in [3.63, 3.8) is 0 Å². The summed E-state index contributed by atoms with van der Waals surface area (Å²) in [5, 5.41) is 21.4. The summed E-state index contributed by atoms with van der Waals surface area (Å²) < 4.78 is 26.0. The molecule has 3 N–H and O–H groups in total. The molecule has 0 bridgehead atoms. The standard InChI is InChI=1S/C21H35N3O5S2/c1-6-24(7-2)17(27)10-13-18-14(30-19(22-18)23-31(5,28)29)11-15-20(13,3)9-8-16(26)21(15,4)12-25/h13,15-16,25-26H,6-12H2,1-5H3,(H,22,23)/t13-,15+,16-,20+,21+/m1/s1. The maximum absolute atomic E-state index is 13.1. The van der Waals surface area contributed by atoms with Crippen molar-refractivity contribution in [1.82, 2.24) is 9.88 Å². The molecule has 0 spiro atoms. The van der Waals surface area contributed by atoms with Crippen molar-refractivity contribution in [2.45, 2.75) is 65.4 Å². The van der Waals surface area contributed by atoms with Crippen molar-refractivity contribution >= 4 is 32.4 Å². The lowest BCUT2D eigenvalue weighted by Gasteiger charge is -2.58. The fourth-order valence-electron chi connectivity index (χ4n) is 5.73. The molecule has 2 aliphatic carbocycles. The summed E-state index contributed by atoms with van der Waals surface area (Å²) in [7, 11) is -3.47. The smallest absolute Gasteiger partial charge is 0.231 e. The van der Waals surface area contributed by atoms with Crippen molar-refractivity contribution in [1.29, 1.82) is 0 Å². The largest absolute Gasteiger partial charge is 0.396 e. The van der Waals surface area contributed by atoms with E-state index in [9.17, 15) is 23.4 Å². The number of hydrogen-bond acceptors (Lipinski definition) is 7. The second kappa shape index (κ2) is 8.61. The third-order valence-corrected chi connectivity index (χ3v) is 9.36. The van der Waals surface area contributed by atoms with E-state index < -0.39 is 21.5 Å². The lowest BCUT2D eigenvalue weighted by Crippen LogP contribution is -2.57. The van der Waals surface area contributed by atoms with E-state index in [0.29, 0.717) is 31.1 Å². The topological polar surface area (TPSA) is 120 Å². The summed E-state index contributed by atoms with van der Waals surface area (Å²) in [6, 6.07) is 0. The number of aromatic nitrogens is 1. The second-order valence-corrected chi connectivity index (χ2v) is 12.3. The van der Waals surface area contributed by atoms with E-state index in [2.05, 4.69) is 16.6 Å². The molecule has 0 saturated heterocycles. The normalized spacial score (nSPS) is 32.8. The van der Waals surface area contributed by atoms with Crippen LogP contribution in [0.5, 0.6) is 0 Å². The van der Waals surface area contributed by atoms with Gasteiger partial charge in [0, 0.05) is 35.7 Å². The number of rotatable bonds is 7. The van der Waals surface area contributed by atoms with Crippen LogP contribution in [-0.2, 0) is 21.2 Å². The van der Waals surface area contributed by atoms with Crippen molar-refractivity contribution in [3.8, 4) is 0 Å². The van der Waals surface area contributed by atoms with Crippen LogP contribution in [-0.4, -0.2) is 66.5 Å². The van der Waals surface area contributed by atoms with Crippen LogP contribution in [0.1, 0.15) is 63.4 Å². The lowest BCUT2D eigenvalue weighted by atomic mass is 9.47. The van der Waals surface area contributed by atoms with E-state index in [1.54, 1.807) is 4.90 Å². The summed E-state index contributed by atoms with van der Waals surface area (Å²) in [5.41, 5.74) is -0.259. The molecule has 1 aromatic rings. The Morgan fingerprint density at radius 1 is 1.32 bits per heavy atom. The molecule has 0 aliphatic heterocycles. The summed E-state index contributed by atoms with van der Waals surface area (Å²) in [5.74, 6) is -0.216. The quantitative estimate of drug-likeness (QED) is 0.558. The van der Waals surface area contributed by atoms with Gasteiger partial charge in [-0.3, -0.25) is 9.52 Å². The Bertz CT molecular complexity index is 929. The molecule has 10 heteroatoms. The van der Waals surface area contributed by atoms with Gasteiger partial charge in [0.15, 0.2) is 5.13 Å². The summed E-state index contributed by atoms with van der Waals surface area (Å²) in [6.07, 6.45) is 2.61. The van der Waals surface area contributed by atoms with Gasteiger partial charge in [0.1, 0.15) is 0 Å². The maximum atomic E-state index is 13.1. The number of nitrogens with zero attached hydrogens (tertiary/aromatic N) is 2. The minimum absolute atomic E-state index is 0.0465. The summed E-state index contributed by atoms with van der Waals surface area (Å²) in [6.45, 7) is 9.08. The number of nitrogens with one attached hydrogen (secondary N) is 1. The Hall–Kier alpha value is -1.23. The van der Waals surface area contributed by atoms with E-state index in [0.717, 1.165) is 23.2 Å². The fraction of sp³-hybridized carbons (Fsp3) is 0.810. The molecule has 0 aromatic carbocycles. The second-order valence-electron chi connectivity index (χ2n) is 9.51. The average Bonchev–Trinajstić information content (AvgIpc) is 3.07. The SMILES string of the molecule is CCN(CC)C(=O)C[C@@H]1c2nc(NS(C)(=O)=O)sc2C[C@@H]2[C@](C)(CO)[C@H](O)CC[C@]21C. The lowest BCUT2D eigenvalue weighted by molar-refractivity contribution is -0.147. The number of sulfonamides is 1. The molecule has 176 valence electrons. The number of fused-ring (bicyclic) bond motifs is 2. The van der Waals surface area contributed by atoms with Gasteiger partial charge in [0.05, 0.1) is 24.7 Å². The van der Waals surface area contributed by atoms with E-state index in [4.69, 9.17) is 0 Å². The van der Waals surface area contributed by atoms with Crippen LogP contribution in [0.25, 0.3) is 0 Å². The third-order valence-electron chi connectivity index (χ3n) is 7.66. The first-order chi connectivity index (χ1) is 14.4. The molecule has 1 fully saturated rings. The minimum atomic E-state index is -3.47. The van der Waals surface area contributed by atoms with Gasteiger partial charge in [-0.2, -0.15) is 0 Å². The molecule has 3 rings (SSSR count). The zero-order valence-corrected chi connectivity index (χ0v) is 20.6. The van der Waals surface area contributed by atoms with Crippen LogP contribution in [0.15, 0.2) is 0 Å². The molecule has 5 atom stereocenters. The minimum Gasteiger partial charge on any atom is -0.396 e. The van der Waals surface area contributed by atoms with Crippen molar-refractivity contribution in [3.05, 3.63) is 10.6 Å². The Balaban J connectivity index is 2.10. The van der Waals surface area contributed by atoms with Crippen molar-refractivity contribution in [2.75, 3.05) is 30.7 Å². The first-order valence-corrected chi connectivity index (χ1v) is 13.6. The highest BCUT2D eigenvalue weighted by atomic mass is 32.2. The zero-order chi connectivity index (χ0) is 23.2. The van der Waals surface area contributed by atoms with Gasteiger partial charge in [-0.05, 0) is 44.4 Å². The van der Waals surface area contributed by atoms with Gasteiger partial charge in [0.25, 0.3) is 0 Å². The van der Waals surface area contributed by atoms with Crippen LogP contribution in [0.2, 0.25) is 0 Å². The van der Waals surface area contributed by atoms with Crippen molar-refractivity contribution in [2.24, 2.45) is 16.7 Å². The van der Waals surface area contributed by atoms with Gasteiger partial charge in [-0.15, -0.1) is 11.3 Å². The highest BCUT2D eigenvalue weighted by Crippen LogP contribution is 2.62. The number of amides is 1. The molecule has 0 unspecified atom stereocenters. The number of hydrogen-bond donors (Lipinski definition) is 3. The van der Waals surface area contributed by atoms with Gasteiger partial charge < -0.3 is 15.1 Å². The number of carbonyl (C=O) groups is 1. The Morgan fingerprint density at radius 3 is 2.52 bits per heavy atom. The Kier molecular flexibility index (Phi) is 6.78. The third kappa shape index (κ3) is 4.36. The predicted molar refractivity (Wildman–Crippen MR) is 122 cm³/mol. The predicted octanol–water partition coefficient (Wildman–Crippen LogP) is 2.19. The van der Waals surface area contributed by atoms with E-state index >= 15 is 0 Å². The number of thiazole rings is 1. The van der Waals surface area contributed by atoms with Crippen molar-refractivity contribution < 1.29 is 23.4 Å². The highest BCUT2D eigenvalue weighted by Gasteiger charge is 2.59. The molecule has 1 saturated carbocycles. The number of aliphatic hydroxyl groups excluding tert-OH is 2. The maximum Gasteiger partial charge on any atom is 0.231 e. The van der Waals surface area contributed by atoms with Crippen LogP contribution in [0.3, 0.4) is 0 Å². The van der Waals surface area contributed by atoms with Gasteiger partial charge >= 0.3 is 0 Å². The van der Waals surface area contributed by atoms with Gasteiger partial charge in [-0.1, -0.05) is 13.8 Å². The number of anilines is 1. The molecule has 8 nitrogen and oxygen atoms in total. The number of carbonyl (C=O) groups excluding carboxylic acids is 1.